The zero-order chi connectivity index (χ0) is 12.8. The lowest BCUT2D eigenvalue weighted by atomic mass is 10.1. The molecule has 1 aromatic rings. The summed E-state index contributed by atoms with van der Waals surface area (Å²) in [5.74, 6) is 1.01. The van der Waals surface area contributed by atoms with Gasteiger partial charge in [-0.3, -0.25) is 0 Å². The number of nitrogens with one attached hydrogen (secondary N) is 1. The van der Waals surface area contributed by atoms with Crippen LogP contribution in [0, 0.1) is 6.92 Å². The van der Waals surface area contributed by atoms with E-state index in [1.54, 1.807) is 14.2 Å². The van der Waals surface area contributed by atoms with Gasteiger partial charge in [0.1, 0.15) is 0 Å². The van der Waals surface area contributed by atoms with Crippen LogP contribution in [0.4, 0.5) is 5.95 Å². The number of methoxy groups -OCH3 is 2. The quantitative estimate of drug-likeness (QED) is 0.769. The summed E-state index contributed by atoms with van der Waals surface area (Å²) in [6.45, 7) is 6.70. The molecule has 0 aliphatic heterocycles. The van der Waals surface area contributed by atoms with E-state index in [4.69, 9.17) is 9.47 Å². The first-order chi connectivity index (χ1) is 8.06. The highest BCUT2D eigenvalue weighted by molar-refractivity contribution is 5.29. The van der Waals surface area contributed by atoms with Crippen LogP contribution in [0.15, 0.2) is 6.07 Å². The van der Waals surface area contributed by atoms with Gasteiger partial charge in [0.15, 0.2) is 6.29 Å². The Morgan fingerprint density at radius 1 is 1.24 bits per heavy atom. The van der Waals surface area contributed by atoms with Gasteiger partial charge in [-0.15, -0.1) is 0 Å². The third kappa shape index (κ3) is 4.28. The van der Waals surface area contributed by atoms with E-state index in [0.29, 0.717) is 18.4 Å². The maximum Gasteiger partial charge on any atom is 0.223 e. The smallest absolute Gasteiger partial charge is 0.223 e. The zero-order valence-electron chi connectivity index (χ0n) is 11.2. The molecule has 0 radical (unpaired) electrons. The Morgan fingerprint density at radius 3 is 2.41 bits per heavy atom. The molecule has 1 N–H and O–H groups in total. The number of hydrogen-bond donors (Lipinski definition) is 1. The molecule has 17 heavy (non-hydrogen) atoms. The summed E-state index contributed by atoms with van der Waals surface area (Å²) in [6.07, 6.45) is -0.290. The van der Waals surface area contributed by atoms with E-state index in [9.17, 15) is 0 Å². The largest absolute Gasteiger partial charge is 0.354 e. The molecule has 1 heterocycles. The second-order valence-electron chi connectivity index (χ2n) is 4.19. The highest BCUT2D eigenvalue weighted by atomic mass is 16.7. The van der Waals surface area contributed by atoms with Crippen molar-refractivity contribution in [1.82, 2.24) is 9.97 Å². The maximum atomic E-state index is 5.09. The second kappa shape index (κ2) is 6.51. The normalized spacial score (nSPS) is 11.2. The Morgan fingerprint density at radius 2 is 1.88 bits per heavy atom. The number of aromatic nitrogens is 2. The first kappa shape index (κ1) is 13.9. The van der Waals surface area contributed by atoms with Crippen LogP contribution in [0.25, 0.3) is 0 Å². The van der Waals surface area contributed by atoms with Crippen LogP contribution in [0.3, 0.4) is 0 Å². The van der Waals surface area contributed by atoms with E-state index in [1.165, 1.54) is 0 Å². The topological polar surface area (TPSA) is 56.3 Å². The molecule has 0 spiro atoms. The molecule has 0 saturated carbocycles. The van der Waals surface area contributed by atoms with Crippen LogP contribution in [0.1, 0.15) is 31.2 Å². The van der Waals surface area contributed by atoms with Gasteiger partial charge in [0.25, 0.3) is 0 Å². The molecule has 0 amide bonds. The van der Waals surface area contributed by atoms with Crippen LogP contribution in [0.5, 0.6) is 0 Å². The number of aryl methyl sites for hydroxylation is 1. The average Bonchev–Trinajstić information content (AvgIpc) is 2.29. The fraction of sp³-hybridized carbons (Fsp3) is 0.667. The number of ether oxygens (including phenoxy) is 2. The van der Waals surface area contributed by atoms with Gasteiger partial charge in [-0.2, -0.15) is 0 Å². The fourth-order valence-electron chi connectivity index (χ4n) is 1.41. The molecule has 1 aromatic heterocycles. The van der Waals surface area contributed by atoms with Gasteiger partial charge in [-0.25, -0.2) is 9.97 Å². The molecule has 0 aromatic carbocycles. The van der Waals surface area contributed by atoms with Gasteiger partial charge in [-0.1, -0.05) is 13.8 Å². The van der Waals surface area contributed by atoms with Gasteiger partial charge in [0.2, 0.25) is 5.95 Å². The number of rotatable bonds is 6. The van der Waals surface area contributed by atoms with Gasteiger partial charge in [0.05, 0.1) is 6.54 Å². The summed E-state index contributed by atoms with van der Waals surface area (Å²) in [7, 11) is 3.21. The van der Waals surface area contributed by atoms with Crippen molar-refractivity contribution >= 4 is 5.95 Å². The average molecular weight is 239 g/mol. The van der Waals surface area contributed by atoms with Gasteiger partial charge in [0, 0.05) is 25.6 Å². The molecule has 5 heteroatoms. The van der Waals surface area contributed by atoms with E-state index < -0.39 is 0 Å². The summed E-state index contributed by atoms with van der Waals surface area (Å²) in [6, 6.07) is 2.00. The lowest BCUT2D eigenvalue weighted by Crippen LogP contribution is -2.24. The standard InChI is InChI=1S/C12H21N3O2/c1-8(2)10-6-9(3)14-12(15-10)13-7-11(16-4)17-5/h6,8,11H,7H2,1-5H3,(H,13,14,15). The predicted molar refractivity (Wildman–Crippen MR) is 67.2 cm³/mol. The molecule has 0 saturated heterocycles. The minimum Gasteiger partial charge on any atom is -0.354 e. The summed E-state index contributed by atoms with van der Waals surface area (Å²) in [4.78, 5) is 8.76. The molecule has 0 atom stereocenters. The van der Waals surface area contributed by atoms with Gasteiger partial charge >= 0.3 is 0 Å². The number of anilines is 1. The molecule has 96 valence electrons. The van der Waals surface area contributed by atoms with Gasteiger partial charge < -0.3 is 14.8 Å². The van der Waals surface area contributed by atoms with Crippen LogP contribution >= 0.6 is 0 Å². The molecular formula is C12H21N3O2. The minimum atomic E-state index is -0.290. The highest BCUT2D eigenvalue weighted by Gasteiger charge is 2.08. The van der Waals surface area contributed by atoms with Gasteiger partial charge in [-0.05, 0) is 18.9 Å². The monoisotopic (exact) mass is 239 g/mol. The molecule has 5 nitrogen and oxygen atoms in total. The Hall–Kier alpha value is -1.20. The summed E-state index contributed by atoms with van der Waals surface area (Å²) in [5.41, 5.74) is 1.99. The zero-order valence-corrected chi connectivity index (χ0v) is 11.2. The van der Waals surface area contributed by atoms with E-state index in [2.05, 4.69) is 29.1 Å². The SMILES string of the molecule is COC(CNc1nc(C)cc(C(C)C)n1)OC. The van der Waals surface area contributed by atoms with E-state index in [0.717, 1.165) is 11.4 Å². The Balaban J connectivity index is 2.70. The predicted octanol–water partition coefficient (Wildman–Crippen LogP) is 1.94. The maximum absolute atomic E-state index is 5.09. The van der Waals surface area contributed by atoms with Crippen molar-refractivity contribution < 1.29 is 9.47 Å². The third-order valence-electron chi connectivity index (χ3n) is 2.42. The lowest BCUT2D eigenvalue weighted by molar-refractivity contribution is -0.0914. The van der Waals surface area contributed by atoms with Crippen molar-refractivity contribution in [2.45, 2.75) is 33.0 Å². The van der Waals surface area contributed by atoms with Crippen molar-refractivity contribution in [1.29, 1.82) is 0 Å². The summed E-state index contributed by atoms with van der Waals surface area (Å²) < 4.78 is 10.2. The van der Waals surface area contributed by atoms with Crippen LogP contribution in [-0.4, -0.2) is 37.0 Å². The second-order valence-corrected chi connectivity index (χ2v) is 4.19. The van der Waals surface area contributed by atoms with Crippen molar-refractivity contribution in [2.75, 3.05) is 26.1 Å². The van der Waals surface area contributed by atoms with E-state index in [1.807, 2.05) is 13.0 Å². The van der Waals surface area contributed by atoms with E-state index in [-0.39, 0.29) is 6.29 Å². The molecule has 0 fully saturated rings. The first-order valence-corrected chi connectivity index (χ1v) is 5.71. The Bertz CT molecular complexity index is 352. The molecule has 0 aliphatic rings. The first-order valence-electron chi connectivity index (χ1n) is 5.71. The van der Waals surface area contributed by atoms with Crippen LogP contribution in [-0.2, 0) is 9.47 Å². The van der Waals surface area contributed by atoms with E-state index >= 15 is 0 Å². The fourth-order valence-corrected chi connectivity index (χ4v) is 1.41. The molecular weight excluding hydrogens is 218 g/mol. The van der Waals surface area contributed by atoms with Crippen molar-refractivity contribution in [2.24, 2.45) is 0 Å². The summed E-state index contributed by atoms with van der Waals surface area (Å²) in [5, 5.41) is 3.11. The Kier molecular flexibility index (Phi) is 5.31. The highest BCUT2D eigenvalue weighted by Crippen LogP contribution is 2.14. The van der Waals surface area contributed by atoms with Crippen LogP contribution < -0.4 is 5.32 Å². The van der Waals surface area contributed by atoms with Crippen molar-refractivity contribution in [3.63, 3.8) is 0 Å². The third-order valence-corrected chi connectivity index (χ3v) is 2.42. The molecule has 0 bridgehead atoms. The molecule has 0 aliphatic carbocycles. The van der Waals surface area contributed by atoms with Crippen molar-refractivity contribution in [3.05, 3.63) is 17.5 Å². The van der Waals surface area contributed by atoms with Crippen molar-refractivity contribution in [3.8, 4) is 0 Å². The molecule has 1 rings (SSSR count). The lowest BCUT2D eigenvalue weighted by Gasteiger charge is -2.15. The molecule has 0 unspecified atom stereocenters. The summed E-state index contributed by atoms with van der Waals surface area (Å²) >= 11 is 0. The van der Waals surface area contributed by atoms with Crippen LogP contribution in [0.2, 0.25) is 0 Å². The number of hydrogen-bond acceptors (Lipinski definition) is 5. The minimum absolute atomic E-state index is 0.290. The Labute approximate surface area is 103 Å². The number of nitrogens with zero attached hydrogens (tertiary/aromatic N) is 2.